The number of aromatic amines is 1. The van der Waals surface area contributed by atoms with Gasteiger partial charge in [0, 0.05) is 47.7 Å². The molecule has 164 valence electrons. The lowest BCUT2D eigenvalue weighted by atomic mass is 10.1. The van der Waals surface area contributed by atoms with E-state index in [1.165, 1.54) is 10.1 Å². The van der Waals surface area contributed by atoms with Crippen LogP contribution in [-0.4, -0.2) is 52.5 Å². The predicted molar refractivity (Wildman–Crippen MR) is 125 cm³/mol. The molecule has 0 aliphatic carbocycles. The Bertz CT molecular complexity index is 1140. The monoisotopic (exact) mass is 442 g/mol. The fourth-order valence-electron chi connectivity index (χ4n) is 4.35. The van der Waals surface area contributed by atoms with E-state index in [4.69, 9.17) is 4.37 Å². The summed E-state index contributed by atoms with van der Waals surface area (Å²) in [5.74, 6) is 1.42. The van der Waals surface area contributed by atoms with Crippen LogP contribution in [0, 0.1) is 0 Å². The summed E-state index contributed by atoms with van der Waals surface area (Å²) < 4.78 is 18.8. The van der Waals surface area contributed by atoms with Crippen LogP contribution in [0.3, 0.4) is 0 Å². The first-order chi connectivity index (χ1) is 14.8. The first-order valence-corrected chi connectivity index (χ1v) is 11.3. The molecule has 8 heteroatoms. The Hall–Kier alpha value is -2.68. The zero-order valence-corrected chi connectivity index (χ0v) is 18.1. The first kappa shape index (κ1) is 21.5. The Morgan fingerprint density at radius 3 is 2.74 bits per heavy atom. The Labute approximate surface area is 184 Å². The standard InChI is InChI=1S/C23H25FN4OS.H2O/c24-29-20-16-17(15-18-8-9-25-22(18)20)5-3-4-10-27-11-13-28(14-12-27)23-19-6-1-2-7-21(19)30-26-23;/h1-2,6-9,15-16,25H,3-5,10-14H2;1H2. The van der Waals surface area contributed by atoms with Crippen molar-refractivity contribution in [3.05, 3.63) is 54.2 Å². The maximum Gasteiger partial charge on any atom is 0.196 e. The molecule has 0 amide bonds. The second-order valence-electron chi connectivity index (χ2n) is 7.90. The van der Waals surface area contributed by atoms with Gasteiger partial charge in [0.05, 0.1) is 10.2 Å². The van der Waals surface area contributed by atoms with Gasteiger partial charge in [-0.25, -0.2) is 0 Å². The van der Waals surface area contributed by atoms with Crippen molar-refractivity contribution in [2.45, 2.75) is 19.3 Å². The van der Waals surface area contributed by atoms with Crippen LogP contribution in [0.25, 0.3) is 21.0 Å². The molecule has 1 aliphatic rings. The van der Waals surface area contributed by atoms with Gasteiger partial charge in [0.15, 0.2) is 5.75 Å². The molecule has 2 aromatic heterocycles. The minimum Gasteiger partial charge on any atom is -0.412 e. The van der Waals surface area contributed by atoms with E-state index < -0.39 is 0 Å². The molecule has 4 aromatic rings. The number of halogens is 1. The van der Waals surface area contributed by atoms with E-state index in [0.29, 0.717) is 5.52 Å². The molecule has 0 spiro atoms. The largest absolute Gasteiger partial charge is 0.412 e. The highest BCUT2D eigenvalue weighted by molar-refractivity contribution is 7.13. The molecule has 5 rings (SSSR count). The maximum absolute atomic E-state index is 12.8. The number of hydrogen-bond acceptors (Lipinski definition) is 5. The lowest BCUT2D eigenvalue weighted by Crippen LogP contribution is -2.46. The molecule has 3 heterocycles. The summed E-state index contributed by atoms with van der Waals surface area (Å²) in [4.78, 5) is 12.0. The van der Waals surface area contributed by atoms with Crippen molar-refractivity contribution in [2.24, 2.45) is 0 Å². The van der Waals surface area contributed by atoms with E-state index in [-0.39, 0.29) is 11.2 Å². The number of aromatic nitrogens is 2. The van der Waals surface area contributed by atoms with E-state index in [1.54, 1.807) is 17.6 Å². The van der Waals surface area contributed by atoms with E-state index in [2.05, 4.69) is 50.1 Å². The highest BCUT2D eigenvalue weighted by Crippen LogP contribution is 2.30. The van der Waals surface area contributed by atoms with E-state index >= 15 is 0 Å². The Kier molecular flexibility index (Phi) is 6.70. The quantitative estimate of drug-likeness (QED) is 0.432. The lowest BCUT2D eigenvalue weighted by Gasteiger charge is -2.35. The van der Waals surface area contributed by atoms with Crippen LogP contribution in [0.2, 0.25) is 0 Å². The van der Waals surface area contributed by atoms with Gasteiger partial charge in [-0.3, -0.25) is 9.84 Å². The van der Waals surface area contributed by atoms with E-state index in [0.717, 1.165) is 68.8 Å². The Balaban J connectivity index is 0.00000231. The zero-order chi connectivity index (χ0) is 20.3. The van der Waals surface area contributed by atoms with E-state index in [1.807, 2.05) is 12.3 Å². The van der Waals surface area contributed by atoms with E-state index in [9.17, 15) is 4.53 Å². The van der Waals surface area contributed by atoms with Crippen molar-refractivity contribution >= 4 is 38.3 Å². The Morgan fingerprint density at radius 2 is 1.90 bits per heavy atom. The number of fused-ring (bicyclic) bond motifs is 2. The molecule has 1 fully saturated rings. The molecule has 0 radical (unpaired) electrons. The normalized spacial score (nSPS) is 14.8. The smallest absolute Gasteiger partial charge is 0.196 e. The number of unbranched alkanes of at least 4 members (excludes halogenated alkanes) is 1. The van der Waals surface area contributed by atoms with Gasteiger partial charge in [0.2, 0.25) is 0 Å². The lowest BCUT2D eigenvalue weighted by molar-refractivity contribution is -0.00452. The minimum atomic E-state index is 0. The number of nitrogens with one attached hydrogen (secondary N) is 1. The van der Waals surface area contributed by atoms with Crippen molar-refractivity contribution in [1.82, 2.24) is 14.3 Å². The van der Waals surface area contributed by atoms with Gasteiger partial charge in [-0.2, -0.15) is 4.37 Å². The summed E-state index contributed by atoms with van der Waals surface area (Å²) in [6.07, 6.45) is 4.96. The average molecular weight is 443 g/mol. The van der Waals surface area contributed by atoms with Crippen molar-refractivity contribution < 1.29 is 14.9 Å². The third-order valence-electron chi connectivity index (χ3n) is 5.99. The van der Waals surface area contributed by atoms with Gasteiger partial charge in [-0.15, -0.1) is 0 Å². The van der Waals surface area contributed by atoms with Gasteiger partial charge in [-0.05, 0) is 73.2 Å². The molecule has 0 atom stereocenters. The van der Waals surface area contributed by atoms with Crippen molar-refractivity contribution in [2.75, 3.05) is 37.6 Å². The Morgan fingerprint density at radius 1 is 1.06 bits per heavy atom. The predicted octanol–water partition coefficient (Wildman–Crippen LogP) is 4.36. The van der Waals surface area contributed by atoms with Crippen LogP contribution in [0.15, 0.2) is 48.7 Å². The number of nitrogens with zero attached hydrogens (tertiary/aromatic N) is 3. The minimum absolute atomic E-state index is 0. The average Bonchev–Trinajstić information content (AvgIpc) is 3.44. The molecule has 2 aromatic carbocycles. The summed E-state index contributed by atoms with van der Waals surface area (Å²) in [5, 5.41) is 2.26. The van der Waals surface area contributed by atoms with Crippen LogP contribution in [0.4, 0.5) is 10.3 Å². The number of benzene rings is 2. The van der Waals surface area contributed by atoms with Crippen LogP contribution in [-0.2, 0) is 6.42 Å². The third kappa shape index (κ3) is 4.51. The van der Waals surface area contributed by atoms with Gasteiger partial charge < -0.3 is 15.4 Å². The molecular formula is C23H27FN4O2S. The second kappa shape index (κ2) is 9.64. The van der Waals surface area contributed by atoms with Crippen molar-refractivity contribution in [3.8, 4) is 5.75 Å². The number of piperazine rings is 1. The zero-order valence-electron chi connectivity index (χ0n) is 17.3. The summed E-state index contributed by atoms with van der Waals surface area (Å²) in [7, 11) is 0. The molecule has 1 saturated heterocycles. The van der Waals surface area contributed by atoms with Gasteiger partial charge in [0.1, 0.15) is 5.82 Å². The highest BCUT2D eigenvalue weighted by atomic mass is 32.1. The summed E-state index contributed by atoms with van der Waals surface area (Å²) in [5.41, 5.74) is 1.84. The molecule has 1 aliphatic heterocycles. The molecule has 3 N–H and O–H groups in total. The number of aryl methyl sites for hydroxylation is 1. The van der Waals surface area contributed by atoms with Crippen LogP contribution < -0.4 is 9.84 Å². The molecule has 0 unspecified atom stereocenters. The topological polar surface area (TPSA) is 75.9 Å². The fourth-order valence-corrected chi connectivity index (χ4v) is 5.15. The van der Waals surface area contributed by atoms with Gasteiger partial charge >= 0.3 is 0 Å². The molecular weight excluding hydrogens is 415 g/mol. The first-order valence-electron chi connectivity index (χ1n) is 10.5. The summed E-state index contributed by atoms with van der Waals surface area (Å²) in [6.45, 7) is 5.29. The number of anilines is 1. The molecule has 0 saturated carbocycles. The third-order valence-corrected chi connectivity index (χ3v) is 6.80. The molecule has 0 bridgehead atoms. The molecule has 6 nitrogen and oxygen atoms in total. The number of rotatable bonds is 7. The SMILES string of the molecule is FOc1cc(CCCCN2CCN(c3nsc4ccccc34)CC2)cc2cc[nH]c12.O. The number of hydrogen-bond donors (Lipinski definition) is 1. The van der Waals surface area contributed by atoms with Crippen molar-refractivity contribution in [3.63, 3.8) is 0 Å². The number of H-pyrrole nitrogens is 1. The van der Waals surface area contributed by atoms with Gasteiger partial charge in [0.25, 0.3) is 0 Å². The summed E-state index contributed by atoms with van der Waals surface area (Å²) >= 11 is 1.59. The maximum atomic E-state index is 12.8. The van der Waals surface area contributed by atoms with Gasteiger partial charge in [-0.1, -0.05) is 12.1 Å². The second-order valence-corrected chi connectivity index (χ2v) is 8.71. The van der Waals surface area contributed by atoms with Crippen LogP contribution >= 0.6 is 11.5 Å². The highest BCUT2D eigenvalue weighted by Gasteiger charge is 2.20. The molecule has 31 heavy (non-hydrogen) atoms. The van der Waals surface area contributed by atoms with Crippen LogP contribution in [0.5, 0.6) is 5.75 Å². The van der Waals surface area contributed by atoms with Crippen LogP contribution in [0.1, 0.15) is 18.4 Å². The fraction of sp³-hybridized carbons (Fsp3) is 0.348. The summed E-state index contributed by atoms with van der Waals surface area (Å²) in [6, 6.07) is 14.3. The van der Waals surface area contributed by atoms with Crippen molar-refractivity contribution in [1.29, 1.82) is 0 Å².